The summed E-state index contributed by atoms with van der Waals surface area (Å²) in [6.07, 6.45) is 3.39. The van der Waals surface area contributed by atoms with Gasteiger partial charge in [0.25, 0.3) is 0 Å². The summed E-state index contributed by atoms with van der Waals surface area (Å²) in [5.74, 6) is 0.627. The van der Waals surface area contributed by atoms with Gasteiger partial charge in [0.05, 0.1) is 19.3 Å². The first-order valence-corrected chi connectivity index (χ1v) is 14.4. The summed E-state index contributed by atoms with van der Waals surface area (Å²) in [6.45, 7) is 7.91. The van der Waals surface area contributed by atoms with Crippen molar-refractivity contribution >= 4 is 34.7 Å². The molecule has 0 unspecified atom stereocenters. The van der Waals surface area contributed by atoms with E-state index < -0.39 is 5.97 Å². The van der Waals surface area contributed by atoms with Crippen LogP contribution in [-0.4, -0.2) is 66.7 Å². The van der Waals surface area contributed by atoms with Crippen molar-refractivity contribution < 1.29 is 14.6 Å². The predicted molar refractivity (Wildman–Crippen MR) is 166 cm³/mol. The second kappa shape index (κ2) is 13.9. The van der Waals surface area contributed by atoms with Crippen LogP contribution in [0.4, 0.5) is 23.0 Å². The first kappa shape index (κ1) is 30.5. The number of ether oxygens (including phenoxy) is 1. The van der Waals surface area contributed by atoms with Crippen molar-refractivity contribution in [2.24, 2.45) is 11.8 Å². The SMILES string of the molecule is CCOC(=O)c1cc(-c2ccc(N3CCC(C#N)CC3)nc2)c(C(=N)C(C)C)c(Nc2cccc(N(C)CCO)c2)n1. The zero-order valence-electron chi connectivity index (χ0n) is 24.7. The van der Waals surface area contributed by atoms with Crippen LogP contribution in [0.5, 0.6) is 0 Å². The van der Waals surface area contributed by atoms with Crippen LogP contribution >= 0.6 is 0 Å². The minimum absolute atomic E-state index is 0.0291. The van der Waals surface area contributed by atoms with Gasteiger partial charge in [0.1, 0.15) is 11.6 Å². The van der Waals surface area contributed by atoms with Crippen molar-refractivity contribution in [3.05, 3.63) is 59.9 Å². The lowest BCUT2D eigenvalue weighted by molar-refractivity contribution is 0.0519. The molecule has 220 valence electrons. The molecule has 4 rings (SSSR count). The van der Waals surface area contributed by atoms with E-state index in [2.05, 4.69) is 21.3 Å². The molecule has 0 spiro atoms. The number of anilines is 4. The van der Waals surface area contributed by atoms with Crippen molar-refractivity contribution in [2.45, 2.75) is 33.6 Å². The summed E-state index contributed by atoms with van der Waals surface area (Å²) < 4.78 is 5.31. The van der Waals surface area contributed by atoms with Gasteiger partial charge < -0.3 is 30.4 Å². The normalized spacial score (nSPS) is 13.5. The number of aliphatic hydroxyl groups excluding tert-OH is 1. The second-order valence-corrected chi connectivity index (χ2v) is 10.7. The Morgan fingerprint density at radius 2 is 2.02 bits per heavy atom. The number of aromatic nitrogens is 2. The van der Waals surface area contributed by atoms with Crippen molar-refractivity contribution in [3.63, 3.8) is 0 Å². The van der Waals surface area contributed by atoms with Gasteiger partial charge in [0.2, 0.25) is 0 Å². The number of nitriles is 1. The Bertz CT molecular complexity index is 1440. The van der Waals surface area contributed by atoms with Crippen LogP contribution in [0.2, 0.25) is 0 Å². The van der Waals surface area contributed by atoms with E-state index in [-0.39, 0.29) is 30.7 Å². The molecule has 0 aliphatic carbocycles. The van der Waals surface area contributed by atoms with Gasteiger partial charge in [-0.15, -0.1) is 0 Å². The molecule has 0 amide bonds. The van der Waals surface area contributed by atoms with Crippen LogP contribution < -0.4 is 15.1 Å². The minimum Gasteiger partial charge on any atom is -0.461 e. The maximum atomic E-state index is 12.9. The van der Waals surface area contributed by atoms with Gasteiger partial charge in [-0.2, -0.15) is 5.26 Å². The third kappa shape index (κ3) is 7.04. The predicted octanol–water partition coefficient (Wildman–Crippen LogP) is 5.26. The molecule has 2 aromatic heterocycles. The third-order valence-electron chi connectivity index (χ3n) is 7.40. The molecule has 3 N–H and O–H groups in total. The Kier molecular flexibility index (Phi) is 10.1. The Balaban J connectivity index is 1.79. The number of rotatable bonds is 11. The Hall–Kier alpha value is -4.49. The van der Waals surface area contributed by atoms with E-state index in [0.29, 0.717) is 29.2 Å². The van der Waals surface area contributed by atoms with E-state index in [4.69, 9.17) is 15.1 Å². The molecule has 1 aliphatic heterocycles. The third-order valence-corrected chi connectivity index (χ3v) is 7.40. The number of piperidine rings is 1. The molecule has 0 radical (unpaired) electrons. The van der Waals surface area contributed by atoms with E-state index in [1.807, 2.05) is 62.2 Å². The van der Waals surface area contributed by atoms with Crippen LogP contribution in [0.3, 0.4) is 0 Å². The van der Waals surface area contributed by atoms with Gasteiger partial charge >= 0.3 is 5.97 Å². The molecular formula is C32H39N7O3. The number of hydrogen-bond acceptors (Lipinski definition) is 10. The highest BCUT2D eigenvalue weighted by Gasteiger charge is 2.24. The van der Waals surface area contributed by atoms with Gasteiger partial charge in [-0.05, 0) is 67.6 Å². The van der Waals surface area contributed by atoms with Crippen LogP contribution in [0.15, 0.2) is 48.7 Å². The summed E-state index contributed by atoms with van der Waals surface area (Å²) in [4.78, 5) is 26.4. The summed E-state index contributed by atoms with van der Waals surface area (Å²) in [5.41, 5.74) is 4.11. The Morgan fingerprint density at radius 1 is 1.26 bits per heavy atom. The number of esters is 1. The Morgan fingerprint density at radius 3 is 2.64 bits per heavy atom. The molecule has 0 atom stereocenters. The van der Waals surface area contributed by atoms with Crippen molar-refractivity contribution in [1.82, 2.24) is 9.97 Å². The lowest BCUT2D eigenvalue weighted by atomic mass is 9.92. The quantitative estimate of drug-likeness (QED) is 0.209. The summed E-state index contributed by atoms with van der Waals surface area (Å²) in [6, 6.07) is 15.6. The molecule has 0 saturated carbocycles. The number of carbonyl (C=O) groups excluding carboxylic acids is 1. The lowest BCUT2D eigenvalue weighted by Crippen LogP contribution is -2.33. The fourth-order valence-corrected chi connectivity index (χ4v) is 4.94. The van der Waals surface area contributed by atoms with E-state index in [9.17, 15) is 15.2 Å². The van der Waals surface area contributed by atoms with Crippen LogP contribution in [0.25, 0.3) is 11.1 Å². The van der Waals surface area contributed by atoms with E-state index in [1.54, 1.807) is 19.2 Å². The van der Waals surface area contributed by atoms with Crippen molar-refractivity contribution in [3.8, 4) is 17.2 Å². The van der Waals surface area contributed by atoms with Gasteiger partial charge in [0.15, 0.2) is 5.69 Å². The first-order chi connectivity index (χ1) is 20.2. The topological polar surface area (TPSA) is 138 Å². The number of nitrogens with one attached hydrogen (secondary N) is 2. The number of likely N-dealkylation sites (N-methyl/N-ethyl adjacent to an activating group) is 1. The molecular weight excluding hydrogens is 530 g/mol. The molecule has 1 aromatic carbocycles. The van der Waals surface area contributed by atoms with Gasteiger partial charge in [0, 0.05) is 67.0 Å². The maximum absolute atomic E-state index is 12.9. The number of pyridine rings is 2. The second-order valence-electron chi connectivity index (χ2n) is 10.7. The standard InChI is InChI=1S/C32H39N7O3/c1-5-42-32(41)27-18-26(23-9-10-28(35-20-23)39-13-11-22(19-33)12-14-39)29(30(34)21(2)3)31(37-27)36-24-7-6-8-25(17-24)38(4)15-16-40/h6-10,17-18,20-22,34,40H,5,11-16H2,1-4H3,(H,36,37). The molecule has 0 bridgehead atoms. The molecule has 3 aromatic rings. The highest BCUT2D eigenvalue weighted by Crippen LogP contribution is 2.34. The van der Waals surface area contributed by atoms with Crippen LogP contribution in [-0.2, 0) is 4.74 Å². The van der Waals surface area contributed by atoms with E-state index in [0.717, 1.165) is 48.7 Å². The van der Waals surface area contributed by atoms with E-state index in [1.165, 1.54) is 0 Å². The Labute approximate surface area is 247 Å². The fraction of sp³-hybridized carbons (Fsp3) is 0.406. The summed E-state index contributed by atoms with van der Waals surface area (Å²) >= 11 is 0. The zero-order valence-corrected chi connectivity index (χ0v) is 24.7. The molecule has 1 aliphatic rings. The average Bonchev–Trinajstić information content (AvgIpc) is 3.01. The highest BCUT2D eigenvalue weighted by atomic mass is 16.5. The smallest absolute Gasteiger partial charge is 0.357 e. The van der Waals surface area contributed by atoms with Gasteiger partial charge in [-0.3, -0.25) is 0 Å². The number of benzene rings is 1. The largest absolute Gasteiger partial charge is 0.461 e. The average molecular weight is 570 g/mol. The van der Waals surface area contributed by atoms with Crippen molar-refractivity contribution in [1.29, 1.82) is 10.7 Å². The maximum Gasteiger partial charge on any atom is 0.357 e. The van der Waals surface area contributed by atoms with Crippen molar-refractivity contribution in [2.75, 3.05) is 55.0 Å². The molecule has 1 saturated heterocycles. The van der Waals surface area contributed by atoms with E-state index >= 15 is 0 Å². The molecule has 10 heteroatoms. The van der Waals surface area contributed by atoms with Crippen LogP contribution in [0.1, 0.15) is 49.7 Å². The summed E-state index contributed by atoms with van der Waals surface area (Å²) in [7, 11) is 1.90. The number of carbonyl (C=O) groups is 1. The highest BCUT2D eigenvalue weighted by molar-refractivity contribution is 6.10. The number of nitrogens with zero attached hydrogens (tertiary/aromatic N) is 5. The van der Waals surface area contributed by atoms with Gasteiger partial charge in [-0.25, -0.2) is 14.8 Å². The molecule has 3 heterocycles. The minimum atomic E-state index is -0.550. The number of aliphatic hydroxyl groups is 1. The molecule has 1 fully saturated rings. The lowest BCUT2D eigenvalue weighted by Gasteiger charge is -2.30. The molecule has 10 nitrogen and oxygen atoms in total. The first-order valence-electron chi connectivity index (χ1n) is 14.4. The van der Waals surface area contributed by atoms with Crippen LogP contribution in [0, 0.1) is 28.6 Å². The monoisotopic (exact) mass is 569 g/mol. The molecule has 42 heavy (non-hydrogen) atoms. The zero-order chi connectivity index (χ0) is 30.2. The van der Waals surface area contributed by atoms with Gasteiger partial charge in [-0.1, -0.05) is 19.9 Å². The fourth-order valence-electron chi connectivity index (χ4n) is 4.94. The number of hydrogen-bond donors (Lipinski definition) is 3. The summed E-state index contributed by atoms with van der Waals surface area (Å²) in [5, 5.41) is 31.0.